The predicted molar refractivity (Wildman–Crippen MR) is 62.5 cm³/mol. The van der Waals surface area contributed by atoms with Crippen molar-refractivity contribution < 1.29 is 23.0 Å². The maximum Gasteiger partial charge on any atom is 0.335 e. The molecule has 0 bridgehead atoms. The van der Waals surface area contributed by atoms with Gasteiger partial charge in [-0.05, 0) is 19.1 Å². The molecule has 0 fully saturated rings. The first kappa shape index (κ1) is 13.4. The molecule has 1 rings (SSSR count). The molecular formula is C11H12O5S. The van der Waals surface area contributed by atoms with Crippen molar-refractivity contribution in [2.24, 2.45) is 0 Å². The van der Waals surface area contributed by atoms with Gasteiger partial charge in [0.15, 0.2) is 11.1 Å². The third-order valence-corrected chi connectivity index (χ3v) is 2.50. The molecule has 1 aromatic carbocycles. The maximum atomic E-state index is 11.0. The fraction of sp³-hybridized carbons (Fsp3) is 0.182. The largest absolute Gasteiger partial charge is 0.492 e. The minimum atomic E-state index is -2.15. The summed E-state index contributed by atoms with van der Waals surface area (Å²) in [6.45, 7) is 5.35. The molecule has 0 radical (unpaired) electrons. The van der Waals surface area contributed by atoms with Crippen LogP contribution >= 0.6 is 0 Å². The zero-order valence-corrected chi connectivity index (χ0v) is 10.0. The minimum absolute atomic E-state index is 0.130. The van der Waals surface area contributed by atoms with Gasteiger partial charge < -0.3 is 14.0 Å². The molecule has 0 heterocycles. The first-order valence-corrected chi connectivity index (χ1v) is 5.91. The molecule has 92 valence electrons. The zero-order chi connectivity index (χ0) is 12.8. The number of hydrogen-bond donors (Lipinski definition) is 1. The summed E-state index contributed by atoms with van der Waals surface area (Å²) in [5, 5.41) is 0. The van der Waals surface area contributed by atoms with E-state index in [1.165, 1.54) is 18.2 Å². The van der Waals surface area contributed by atoms with Gasteiger partial charge >= 0.3 is 5.97 Å². The second-order valence-corrected chi connectivity index (χ2v) is 3.85. The lowest BCUT2D eigenvalue weighted by atomic mass is 10.3. The third kappa shape index (κ3) is 3.69. The van der Waals surface area contributed by atoms with Gasteiger partial charge in [0.2, 0.25) is 0 Å². The maximum absolute atomic E-state index is 11.0. The fourth-order valence-corrected chi connectivity index (χ4v) is 1.60. The van der Waals surface area contributed by atoms with Crippen LogP contribution in [0, 0.1) is 0 Å². The summed E-state index contributed by atoms with van der Waals surface area (Å²) in [6.07, 6.45) is 1.03. The average molecular weight is 256 g/mol. The molecule has 6 heteroatoms. The van der Waals surface area contributed by atoms with Crippen LogP contribution < -0.4 is 9.47 Å². The van der Waals surface area contributed by atoms with Crippen molar-refractivity contribution in [1.82, 2.24) is 0 Å². The Bertz CT molecular complexity index is 455. The van der Waals surface area contributed by atoms with E-state index in [1.807, 2.05) is 0 Å². The van der Waals surface area contributed by atoms with E-state index in [2.05, 4.69) is 6.58 Å². The van der Waals surface area contributed by atoms with Gasteiger partial charge in [-0.2, -0.15) is 0 Å². The molecule has 5 nitrogen and oxygen atoms in total. The normalized spacial score (nSPS) is 11.6. The summed E-state index contributed by atoms with van der Waals surface area (Å²) in [6, 6.07) is 4.16. The lowest BCUT2D eigenvalue weighted by Crippen LogP contribution is -2.04. The van der Waals surface area contributed by atoms with Crippen LogP contribution in [0.15, 0.2) is 35.7 Å². The molecule has 17 heavy (non-hydrogen) atoms. The molecule has 0 saturated heterocycles. The van der Waals surface area contributed by atoms with Gasteiger partial charge in [-0.15, -0.1) is 0 Å². The van der Waals surface area contributed by atoms with Crippen LogP contribution in [0.5, 0.6) is 11.5 Å². The summed E-state index contributed by atoms with van der Waals surface area (Å²) < 4.78 is 30.1. The topological polar surface area (TPSA) is 72.8 Å². The number of carbonyl (C=O) groups excluding carboxylic acids is 1. The second kappa shape index (κ2) is 6.17. The Morgan fingerprint density at radius 2 is 2.29 bits per heavy atom. The molecule has 1 N–H and O–H groups in total. The summed E-state index contributed by atoms with van der Waals surface area (Å²) >= 11 is -2.15. The van der Waals surface area contributed by atoms with Crippen LogP contribution in [-0.2, 0) is 15.9 Å². The molecule has 0 aliphatic carbocycles. The Kier molecular flexibility index (Phi) is 4.86. The molecule has 1 unspecified atom stereocenters. The summed E-state index contributed by atoms with van der Waals surface area (Å²) in [5.74, 6) is -0.166. The average Bonchev–Trinajstić information content (AvgIpc) is 2.29. The van der Waals surface area contributed by atoms with E-state index >= 15 is 0 Å². The fourth-order valence-electron chi connectivity index (χ4n) is 1.12. The number of carbonyl (C=O) groups is 1. The summed E-state index contributed by atoms with van der Waals surface area (Å²) in [7, 11) is 0. The summed E-state index contributed by atoms with van der Waals surface area (Å²) in [4.78, 5) is 11.1. The highest BCUT2D eigenvalue weighted by molar-refractivity contribution is 7.79. The van der Waals surface area contributed by atoms with E-state index in [0.717, 1.165) is 6.08 Å². The smallest absolute Gasteiger partial charge is 0.335 e. The molecule has 1 aromatic rings. The summed E-state index contributed by atoms with van der Waals surface area (Å²) in [5.41, 5.74) is 0. The van der Waals surface area contributed by atoms with Crippen molar-refractivity contribution >= 4 is 17.0 Å². The number of benzene rings is 1. The van der Waals surface area contributed by atoms with Crippen LogP contribution in [0.25, 0.3) is 0 Å². The number of hydrogen-bond acceptors (Lipinski definition) is 4. The van der Waals surface area contributed by atoms with E-state index in [0.29, 0.717) is 6.61 Å². The lowest BCUT2D eigenvalue weighted by molar-refractivity contribution is -0.128. The lowest BCUT2D eigenvalue weighted by Gasteiger charge is -2.09. The Balaban J connectivity index is 3.04. The van der Waals surface area contributed by atoms with Crippen molar-refractivity contribution in [2.75, 3.05) is 6.61 Å². The van der Waals surface area contributed by atoms with E-state index in [-0.39, 0.29) is 16.4 Å². The van der Waals surface area contributed by atoms with Gasteiger partial charge in [-0.1, -0.05) is 6.58 Å². The molecule has 1 atom stereocenters. The van der Waals surface area contributed by atoms with Crippen molar-refractivity contribution in [3.63, 3.8) is 0 Å². The molecule has 0 aliphatic rings. The second-order valence-electron chi connectivity index (χ2n) is 2.92. The van der Waals surface area contributed by atoms with Crippen molar-refractivity contribution in [3.05, 3.63) is 30.9 Å². The first-order chi connectivity index (χ1) is 8.08. The van der Waals surface area contributed by atoms with E-state index < -0.39 is 17.0 Å². The van der Waals surface area contributed by atoms with Crippen LogP contribution in [0.4, 0.5) is 0 Å². The number of rotatable bonds is 5. The van der Waals surface area contributed by atoms with Crippen LogP contribution in [-0.4, -0.2) is 21.3 Å². The number of esters is 1. The Hall–Kier alpha value is -1.66. The van der Waals surface area contributed by atoms with Gasteiger partial charge in [-0.3, -0.25) is 0 Å². The van der Waals surface area contributed by atoms with Gasteiger partial charge in [0.25, 0.3) is 0 Å². The third-order valence-electron chi connectivity index (χ3n) is 1.79. The number of ether oxygens (including phenoxy) is 2. The highest BCUT2D eigenvalue weighted by Crippen LogP contribution is 2.27. The van der Waals surface area contributed by atoms with E-state index in [9.17, 15) is 9.00 Å². The first-order valence-electron chi connectivity index (χ1n) is 4.80. The highest BCUT2D eigenvalue weighted by Gasteiger charge is 2.11. The van der Waals surface area contributed by atoms with Gasteiger partial charge in [-0.25, -0.2) is 9.00 Å². The SMILES string of the molecule is C=CC(=O)Oc1ccc(S(=O)O)c(OCC)c1. The molecule has 0 amide bonds. The van der Waals surface area contributed by atoms with Gasteiger partial charge in [0.05, 0.1) is 6.61 Å². The van der Waals surface area contributed by atoms with Gasteiger partial charge in [0, 0.05) is 12.1 Å². The molecule has 0 aromatic heterocycles. The van der Waals surface area contributed by atoms with Crippen molar-refractivity contribution in [1.29, 1.82) is 0 Å². The van der Waals surface area contributed by atoms with Gasteiger partial charge in [0.1, 0.15) is 16.4 Å². The van der Waals surface area contributed by atoms with Crippen LogP contribution in [0.1, 0.15) is 6.92 Å². The minimum Gasteiger partial charge on any atom is -0.492 e. The highest BCUT2D eigenvalue weighted by atomic mass is 32.2. The Morgan fingerprint density at radius 1 is 1.59 bits per heavy atom. The molecule has 0 aliphatic heterocycles. The molecule has 0 saturated carbocycles. The Labute approximate surface area is 101 Å². The monoisotopic (exact) mass is 256 g/mol. The molecule has 0 spiro atoms. The zero-order valence-electron chi connectivity index (χ0n) is 9.21. The Morgan fingerprint density at radius 3 is 2.82 bits per heavy atom. The standard InChI is InChI=1S/C11H12O5S/c1-3-11(12)16-8-5-6-10(17(13)14)9(7-8)15-4-2/h3,5-7H,1,4H2,2H3,(H,13,14). The predicted octanol–water partition coefficient (Wildman–Crippen LogP) is 1.76. The van der Waals surface area contributed by atoms with E-state index in [4.69, 9.17) is 14.0 Å². The van der Waals surface area contributed by atoms with Crippen LogP contribution in [0.3, 0.4) is 0 Å². The quantitative estimate of drug-likeness (QED) is 0.376. The van der Waals surface area contributed by atoms with Crippen molar-refractivity contribution in [2.45, 2.75) is 11.8 Å². The molecular weight excluding hydrogens is 244 g/mol. The van der Waals surface area contributed by atoms with Crippen LogP contribution in [0.2, 0.25) is 0 Å². The van der Waals surface area contributed by atoms with E-state index in [1.54, 1.807) is 6.92 Å². The van der Waals surface area contributed by atoms with Crippen molar-refractivity contribution in [3.8, 4) is 11.5 Å².